The molecule has 5 nitrogen and oxygen atoms in total. The van der Waals surface area contributed by atoms with Crippen LogP contribution >= 0.6 is 0 Å². The number of urea groups is 1. The number of ether oxygens (including phenoxy) is 2. The molecule has 1 unspecified atom stereocenters. The summed E-state index contributed by atoms with van der Waals surface area (Å²) in [4.78, 5) is 15.0. The van der Waals surface area contributed by atoms with Crippen molar-refractivity contribution >= 4 is 11.7 Å². The summed E-state index contributed by atoms with van der Waals surface area (Å²) in [6.07, 6.45) is 4.34. The lowest BCUT2D eigenvalue weighted by Gasteiger charge is -2.31. The maximum Gasteiger partial charge on any atom is 0.322 e. The standard InChI is InChI=1S/C21H24N2O3/c1-15-6-5-7-16(12-15)18-8-3-2-4-11-23(18)21(24)22-17-9-10-19-20(13-17)26-14-25-19/h5-7,9-10,12-13,18H,2-4,8,11,14H2,1H3,(H,22,24). The fourth-order valence-corrected chi connectivity index (χ4v) is 3.74. The van der Waals surface area contributed by atoms with Crippen LogP contribution in [-0.2, 0) is 0 Å². The van der Waals surface area contributed by atoms with Crippen molar-refractivity contribution in [1.82, 2.24) is 4.90 Å². The molecule has 0 saturated carbocycles. The van der Waals surface area contributed by atoms with Gasteiger partial charge >= 0.3 is 6.03 Å². The zero-order valence-electron chi connectivity index (χ0n) is 15.0. The van der Waals surface area contributed by atoms with E-state index >= 15 is 0 Å². The molecule has 2 aliphatic rings. The third kappa shape index (κ3) is 3.47. The Morgan fingerprint density at radius 1 is 1.08 bits per heavy atom. The summed E-state index contributed by atoms with van der Waals surface area (Å²) in [6.45, 7) is 3.10. The van der Waals surface area contributed by atoms with E-state index in [1.54, 1.807) is 0 Å². The zero-order chi connectivity index (χ0) is 17.9. The Bertz CT molecular complexity index is 806. The summed E-state index contributed by atoms with van der Waals surface area (Å²) in [7, 11) is 0. The lowest BCUT2D eigenvalue weighted by molar-refractivity contribution is 0.174. The summed E-state index contributed by atoms with van der Waals surface area (Å²) in [6, 6.07) is 14.0. The molecule has 5 heteroatoms. The number of rotatable bonds is 2. The summed E-state index contributed by atoms with van der Waals surface area (Å²) in [5.74, 6) is 1.39. The smallest absolute Gasteiger partial charge is 0.322 e. The topological polar surface area (TPSA) is 50.8 Å². The Hall–Kier alpha value is -2.69. The molecule has 2 aromatic rings. The fraction of sp³-hybridized carbons (Fsp3) is 0.381. The van der Waals surface area contributed by atoms with Gasteiger partial charge in [0.25, 0.3) is 0 Å². The number of fused-ring (bicyclic) bond motifs is 1. The Balaban J connectivity index is 1.55. The van der Waals surface area contributed by atoms with Gasteiger partial charge in [-0.2, -0.15) is 0 Å². The van der Waals surface area contributed by atoms with Crippen LogP contribution in [0.5, 0.6) is 11.5 Å². The van der Waals surface area contributed by atoms with Crippen molar-refractivity contribution in [2.45, 2.75) is 38.6 Å². The van der Waals surface area contributed by atoms with Crippen LogP contribution in [0.1, 0.15) is 42.9 Å². The van der Waals surface area contributed by atoms with Crippen molar-refractivity contribution in [2.75, 3.05) is 18.7 Å². The molecular formula is C21H24N2O3. The average molecular weight is 352 g/mol. The first-order chi connectivity index (χ1) is 12.7. The summed E-state index contributed by atoms with van der Waals surface area (Å²) >= 11 is 0. The largest absolute Gasteiger partial charge is 0.454 e. The van der Waals surface area contributed by atoms with Gasteiger partial charge in [0.2, 0.25) is 6.79 Å². The molecule has 0 radical (unpaired) electrons. The lowest BCUT2D eigenvalue weighted by Crippen LogP contribution is -2.38. The van der Waals surface area contributed by atoms with Crippen LogP contribution in [0.4, 0.5) is 10.5 Å². The van der Waals surface area contributed by atoms with E-state index in [0.29, 0.717) is 5.75 Å². The van der Waals surface area contributed by atoms with E-state index in [-0.39, 0.29) is 18.9 Å². The van der Waals surface area contributed by atoms with Crippen LogP contribution in [0.2, 0.25) is 0 Å². The molecule has 0 aromatic heterocycles. The van der Waals surface area contributed by atoms with E-state index < -0.39 is 0 Å². The van der Waals surface area contributed by atoms with E-state index in [0.717, 1.165) is 43.7 Å². The molecule has 0 spiro atoms. The number of nitrogens with zero attached hydrogens (tertiary/aromatic N) is 1. The molecule has 1 fully saturated rings. The first-order valence-corrected chi connectivity index (χ1v) is 9.24. The number of aryl methyl sites for hydroxylation is 1. The Kier molecular flexibility index (Phi) is 4.69. The molecule has 2 aromatic carbocycles. The first-order valence-electron chi connectivity index (χ1n) is 9.24. The molecule has 136 valence electrons. The third-order valence-electron chi connectivity index (χ3n) is 5.06. The van der Waals surface area contributed by atoms with Gasteiger partial charge in [-0.15, -0.1) is 0 Å². The highest BCUT2D eigenvalue weighted by molar-refractivity contribution is 5.90. The van der Waals surface area contributed by atoms with E-state index in [1.165, 1.54) is 11.1 Å². The van der Waals surface area contributed by atoms with E-state index in [1.807, 2.05) is 23.1 Å². The van der Waals surface area contributed by atoms with Crippen molar-refractivity contribution in [3.05, 3.63) is 53.6 Å². The van der Waals surface area contributed by atoms with Gasteiger partial charge in [-0.1, -0.05) is 42.7 Å². The molecule has 2 aliphatic heterocycles. The van der Waals surface area contributed by atoms with Gasteiger partial charge in [0.1, 0.15) is 0 Å². The molecule has 1 saturated heterocycles. The maximum atomic E-state index is 13.0. The number of carbonyl (C=O) groups excluding carboxylic acids is 1. The van der Waals surface area contributed by atoms with E-state index in [4.69, 9.17) is 9.47 Å². The quantitative estimate of drug-likeness (QED) is 0.838. The van der Waals surface area contributed by atoms with Crippen LogP contribution in [0.25, 0.3) is 0 Å². The summed E-state index contributed by atoms with van der Waals surface area (Å²) in [5, 5.41) is 3.03. The second kappa shape index (κ2) is 7.28. The monoisotopic (exact) mass is 352 g/mol. The number of benzene rings is 2. The van der Waals surface area contributed by atoms with Gasteiger partial charge < -0.3 is 19.7 Å². The molecule has 2 amide bonds. The molecule has 2 heterocycles. The lowest BCUT2D eigenvalue weighted by atomic mass is 9.99. The molecule has 1 N–H and O–H groups in total. The van der Waals surface area contributed by atoms with Gasteiger partial charge in [0, 0.05) is 18.3 Å². The van der Waals surface area contributed by atoms with Crippen LogP contribution in [0.3, 0.4) is 0 Å². The number of carbonyl (C=O) groups is 1. The van der Waals surface area contributed by atoms with Gasteiger partial charge in [-0.3, -0.25) is 0 Å². The number of anilines is 1. The van der Waals surface area contributed by atoms with Crippen molar-refractivity contribution in [2.24, 2.45) is 0 Å². The Morgan fingerprint density at radius 2 is 1.96 bits per heavy atom. The van der Waals surface area contributed by atoms with Crippen LogP contribution < -0.4 is 14.8 Å². The molecule has 0 aliphatic carbocycles. The molecule has 1 atom stereocenters. The predicted molar refractivity (Wildman–Crippen MR) is 101 cm³/mol. The predicted octanol–water partition coefficient (Wildman–Crippen LogP) is 4.87. The highest BCUT2D eigenvalue weighted by Gasteiger charge is 2.27. The number of hydrogen-bond donors (Lipinski definition) is 1. The van der Waals surface area contributed by atoms with Gasteiger partial charge in [0.15, 0.2) is 11.5 Å². The highest BCUT2D eigenvalue weighted by atomic mass is 16.7. The number of hydrogen-bond acceptors (Lipinski definition) is 3. The van der Waals surface area contributed by atoms with Gasteiger partial charge in [-0.25, -0.2) is 4.79 Å². The maximum absolute atomic E-state index is 13.0. The Morgan fingerprint density at radius 3 is 2.85 bits per heavy atom. The fourth-order valence-electron chi connectivity index (χ4n) is 3.74. The minimum Gasteiger partial charge on any atom is -0.454 e. The summed E-state index contributed by atoms with van der Waals surface area (Å²) < 4.78 is 10.7. The van der Waals surface area contributed by atoms with Gasteiger partial charge in [-0.05, 0) is 37.5 Å². The molecule has 4 rings (SSSR count). The van der Waals surface area contributed by atoms with Crippen LogP contribution in [-0.4, -0.2) is 24.3 Å². The van der Waals surface area contributed by atoms with Crippen LogP contribution in [0.15, 0.2) is 42.5 Å². The number of nitrogens with one attached hydrogen (secondary N) is 1. The molecular weight excluding hydrogens is 328 g/mol. The van der Waals surface area contributed by atoms with Gasteiger partial charge in [0.05, 0.1) is 6.04 Å². The minimum atomic E-state index is -0.0581. The SMILES string of the molecule is Cc1cccc(C2CCCCCN2C(=O)Nc2ccc3c(c2)OCO3)c1. The van der Waals surface area contributed by atoms with Crippen molar-refractivity contribution in [3.8, 4) is 11.5 Å². The third-order valence-corrected chi connectivity index (χ3v) is 5.06. The normalized spacial score (nSPS) is 19.1. The van der Waals surface area contributed by atoms with Crippen molar-refractivity contribution < 1.29 is 14.3 Å². The van der Waals surface area contributed by atoms with E-state index in [2.05, 4.69) is 36.5 Å². The highest BCUT2D eigenvalue weighted by Crippen LogP contribution is 2.35. The second-order valence-corrected chi connectivity index (χ2v) is 6.97. The Labute approximate surface area is 153 Å². The summed E-state index contributed by atoms with van der Waals surface area (Å²) in [5.41, 5.74) is 3.17. The van der Waals surface area contributed by atoms with Crippen molar-refractivity contribution in [3.63, 3.8) is 0 Å². The molecule has 0 bridgehead atoms. The second-order valence-electron chi connectivity index (χ2n) is 6.97. The number of likely N-dealkylation sites (tertiary alicyclic amines) is 1. The zero-order valence-corrected chi connectivity index (χ0v) is 15.0. The van der Waals surface area contributed by atoms with Crippen LogP contribution in [0, 0.1) is 6.92 Å². The molecule has 26 heavy (non-hydrogen) atoms. The first kappa shape index (κ1) is 16.8. The average Bonchev–Trinajstić information content (AvgIpc) is 2.96. The minimum absolute atomic E-state index is 0.0581. The number of amides is 2. The van der Waals surface area contributed by atoms with E-state index in [9.17, 15) is 4.79 Å². The van der Waals surface area contributed by atoms with Crippen molar-refractivity contribution in [1.29, 1.82) is 0 Å².